The first-order valence-corrected chi connectivity index (χ1v) is 6.19. The van der Waals surface area contributed by atoms with Crippen molar-refractivity contribution in [1.29, 1.82) is 0 Å². The molecule has 17 heavy (non-hydrogen) atoms. The van der Waals surface area contributed by atoms with Gasteiger partial charge in [0.15, 0.2) is 0 Å². The summed E-state index contributed by atoms with van der Waals surface area (Å²) < 4.78 is 1.58. The van der Waals surface area contributed by atoms with Gasteiger partial charge in [-0.05, 0) is 29.6 Å². The van der Waals surface area contributed by atoms with Crippen LogP contribution in [0.5, 0.6) is 0 Å². The molecule has 1 saturated carbocycles. The van der Waals surface area contributed by atoms with Crippen LogP contribution >= 0.6 is 0 Å². The summed E-state index contributed by atoms with van der Waals surface area (Å²) in [4.78, 5) is 13.5. The number of nitrogens with zero attached hydrogens (tertiary/aromatic N) is 4. The van der Waals surface area contributed by atoms with Gasteiger partial charge < -0.3 is 10.1 Å². The zero-order chi connectivity index (χ0) is 12.3. The quantitative estimate of drug-likeness (QED) is 0.596. The maximum absolute atomic E-state index is 10.4. The third-order valence-corrected chi connectivity index (χ3v) is 3.50. The average molecular weight is 238 g/mol. The molecule has 2 rings (SSSR count). The molecule has 0 N–H and O–H groups in total. The molecule has 94 valence electrons. The highest BCUT2D eigenvalue weighted by atomic mass is 16.6. The van der Waals surface area contributed by atoms with Crippen LogP contribution in [0.4, 0.5) is 5.95 Å². The molecule has 0 spiro atoms. The van der Waals surface area contributed by atoms with Gasteiger partial charge in [-0.15, -0.1) is 0 Å². The molecule has 0 saturated heterocycles. The lowest BCUT2D eigenvalue weighted by Gasteiger charge is -2.26. The normalized spacial score (nSPS) is 24.8. The van der Waals surface area contributed by atoms with Gasteiger partial charge in [0.25, 0.3) is 0 Å². The molecule has 1 aliphatic carbocycles. The van der Waals surface area contributed by atoms with Gasteiger partial charge >= 0.3 is 5.95 Å². The van der Waals surface area contributed by atoms with E-state index in [0.29, 0.717) is 0 Å². The first kappa shape index (κ1) is 12.0. The third kappa shape index (κ3) is 3.25. The smallest absolute Gasteiger partial charge is 0.390 e. The summed E-state index contributed by atoms with van der Waals surface area (Å²) >= 11 is 0. The molecule has 2 atom stereocenters. The fourth-order valence-electron chi connectivity index (χ4n) is 2.61. The van der Waals surface area contributed by atoms with Crippen LogP contribution in [0.1, 0.15) is 39.0 Å². The number of hydrogen-bond acceptors (Lipinski definition) is 4. The Balaban J connectivity index is 1.82. The van der Waals surface area contributed by atoms with E-state index in [9.17, 15) is 10.1 Å². The van der Waals surface area contributed by atoms with E-state index in [2.05, 4.69) is 17.0 Å². The molecular formula is C11H18N4O2. The van der Waals surface area contributed by atoms with Crippen molar-refractivity contribution >= 4 is 5.95 Å². The van der Waals surface area contributed by atoms with Crippen molar-refractivity contribution in [3.8, 4) is 0 Å². The number of nitro groups is 1. The van der Waals surface area contributed by atoms with E-state index in [-0.39, 0.29) is 5.95 Å². The number of aryl methyl sites for hydroxylation is 1. The van der Waals surface area contributed by atoms with Crippen LogP contribution in [0.15, 0.2) is 6.33 Å². The largest absolute Gasteiger partial charge is 0.490 e. The van der Waals surface area contributed by atoms with Gasteiger partial charge in [0.05, 0.1) is 6.54 Å². The highest BCUT2D eigenvalue weighted by molar-refractivity contribution is 4.96. The average Bonchev–Trinajstić information content (AvgIpc) is 2.75. The second kappa shape index (κ2) is 5.25. The van der Waals surface area contributed by atoms with Gasteiger partial charge in [-0.2, -0.15) is 4.68 Å². The predicted molar refractivity (Wildman–Crippen MR) is 62.4 cm³/mol. The molecule has 6 nitrogen and oxygen atoms in total. The number of aromatic nitrogens is 3. The molecule has 0 amide bonds. The summed E-state index contributed by atoms with van der Waals surface area (Å²) in [7, 11) is 0. The number of hydrogen-bond donors (Lipinski definition) is 0. The van der Waals surface area contributed by atoms with E-state index in [4.69, 9.17) is 0 Å². The fourth-order valence-corrected chi connectivity index (χ4v) is 2.61. The molecule has 0 unspecified atom stereocenters. The summed E-state index contributed by atoms with van der Waals surface area (Å²) in [6.07, 6.45) is 7.70. The van der Waals surface area contributed by atoms with Crippen LogP contribution in [0.25, 0.3) is 0 Å². The Labute approximate surface area is 100 Å². The standard InChI is InChI=1S/C11H18N4O2/c1-9-3-2-4-10(7-9)5-6-14-8-12-11(13-14)15(16)17/h8-10H,2-7H2,1H3/t9-,10+/m1/s1. The van der Waals surface area contributed by atoms with Gasteiger partial charge in [-0.25, -0.2) is 0 Å². The Morgan fingerprint density at radius 2 is 2.41 bits per heavy atom. The van der Waals surface area contributed by atoms with E-state index in [0.717, 1.165) is 24.8 Å². The maximum atomic E-state index is 10.4. The second-order valence-corrected chi connectivity index (χ2v) is 4.99. The molecule has 1 heterocycles. The van der Waals surface area contributed by atoms with E-state index >= 15 is 0 Å². The van der Waals surface area contributed by atoms with Gasteiger partial charge in [-0.3, -0.25) is 0 Å². The van der Waals surface area contributed by atoms with Crippen molar-refractivity contribution in [1.82, 2.24) is 14.8 Å². The molecule has 1 aliphatic rings. The molecule has 1 aromatic rings. The van der Waals surface area contributed by atoms with Crippen molar-refractivity contribution in [3.05, 3.63) is 16.4 Å². The second-order valence-electron chi connectivity index (χ2n) is 4.99. The summed E-state index contributed by atoms with van der Waals surface area (Å²) in [6, 6.07) is 0. The van der Waals surface area contributed by atoms with E-state index in [1.165, 1.54) is 32.0 Å². The monoisotopic (exact) mass is 238 g/mol. The van der Waals surface area contributed by atoms with E-state index < -0.39 is 4.92 Å². The van der Waals surface area contributed by atoms with Gasteiger partial charge in [0.1, 0.15) is 0 Å². The predicted octanol–water partition coefficient (Wildman–Crippen LogP) is 2.40. The van der Waals surface area contributed by atoms with Gasteiger partial charge in [0, 0.05) is 5.10 Å². The lowest BCUT2D eigenvalue weighted by molar-refractivity contribution is -0.394. The lowest BCUT2D eigenvalue weighted by Crippen LogP contribution is -2.15. The van der Waals surface area contributed by atoms with Crippen molar-refractivity contribution in [3.63, 3.8) is 0 Å². The van der Waals surface area contributed by atoms with E-state index in [1.54, 1.807) is 4.68 Å². The lowest BCUT2D eigenvalue weighted by atomic mass is 9.81. The van der Waals surface area contributed by atoms with Crippen LogP contribution in [0.3, 0.4) is 0 Å². The van der Waals surface area contributed by atoms with Crippen LogP contribution in [-0.4, -0.2) is 19.7 Å². The summed E-state index contributed by atoms with van der Waals surface area (Å²) in [5, 5.41) is 14.3. The topological polar surface area (TPSA) is 73.8 Å². The molecule has 0 radical (unpaired) electrons. The first-order chi connectivity index (χ1) is 8.15. The zero-order valence-corrected chi connectivity index (χ0v) is 10.1. The maximum Gasteiger partial charge on any atom is 0.490 e. The van der Waals surface area contributed by atoms with E-state index in [1.807, 2.05) is 0 Å². The molecule has 6 heteroatoms. The van der Waals surface area contributed by atoms with Gasteiger partial charge in [-0.1, -0.05) is 31.2 Å². The Bertz CT molecular complexity index is 391. The van der Waals surface area contributed by atoms with Crippen molar-refractivity contribution in [2.45, 2.75) is 45.6 Å². The third-order valence-electron chi connectivity index (χ3n) is 3.50. The fraction of sp³-hybridized carbons (Fsp3) is 0.818. The summed E-state index contributed by atoms with van der Waals surface area (Å²) in [6.45, 7) is 3.03. The van der Waals surface area contributed by atoms with Crippen LogP contribution < -0.4 is 0 Å². The molecule has 1 aromatic heterocycles. The Hall–Kier alpha value is -1.46. The van der Waals surface area contributed by atoms with Crippen LogP contribution in [0.2, 0.25) is 0 Å². The molecule has 0 aliphatic heterocycles. The minimum atomic E-state index is -0.556. The molecule has 1 fully saturated rings. The summed E-state index contributed by atoms with van der Waals surface area (Å²) in [5.74, 6) is 1.25. The van der Waals surface area contributed by atoms with Crippen LogP contribution in [0, 0.1) is 22.0 Å². The van der Waals surface area contributed by atoms with Gasteiger partial charge in [0.2, 0.25) is 6.33 Å². The zero-order valence-electron chi connectivity index (χ0n) is 10.1. The first-order valence-electron chi connectivity index (χ1n) is 6.19. The highest BCUT2D eigenvalue weighted by Crippen LogP contribution is 2.30. The summed E-state index contributed by atoms with van der Waals surface area (Å²) in [5.41, 5.74) is 0. The molecule has 0 bridgehead atoms. The highest BCUT2D eigenvalue weighted by Gasteiger charge is 2.20. The molecular weight excluding hydrogens is 220 g/mol. The Morgan fingerprint density at radius 3 is 3.06 bits per heavy atom. The SMILES string of the molecule is C[C@@H]1CCC[C@@H](CCn2cnc([N+](=O)[O-])n2)C1. The number of rotatable bonds is 4. The minimum absolute atomic E-state index is 0.304. The Morgan fingerprint density at radius 1 is 1.59 bits per heavy atom. The van der Waals surface area contributed by atoms with Crippen molar-refractivity contribution in [2.24, 2.45) is 11.8 Å². The van der Waals surface area contributed by atoms with Crippen molar-refractivity contribution in [2.75, 3.05) is 0 Å². The van der Waals surface area contributed by atoms with Crippen LogP contribution in [-0.2, 0) is 6.54 Å². The Kier molecular flexibility index (Phi) is 3.71. The van der Waals surface area contributed by atoms with Crippen molar-refractivity contribution < 1.29 is 4.92 Å². The molecule has 0 aromatic carbocycles. The minimum Gasteiger partial charge on any atom is -0.390 e.